The minimum absolute atomic E-state index is 0.404. The number of rotatable bonds is 3. The summed E-state index contributed by atoms with van der Waals surface area (Å²) in [4.78, 5) is 6.41. The smallest absolute Gasteiger partial charge is 0.208 e. The minimum Gasteiger partial charge on any atom is -0.379 e. The predicted octanol–water partition coefficient (Wildman–Crippen LogP) is -0.0636. The van der Waals surface area contributed by atoms with E-state index in [4.69, 9.17) is 10.6 Å². The molecule has 1 heterocycles. The van der Waals surface area contributed by atoms with Crippen LogP contribution in [0.5, 0.6) is 0 Å². The van der Waals surface area contributed by atoms with Crippen molar-refractivity contribution in [3.63, 3.8) is 0 Å². The van der Waals surface area contributed by atoms with Crippen molar-refractivity contribution in [3.05, 3.63) is 0 Å². The average molecular weight is 200 g/mol. The summed E-state index contributed by atoms with van der Waals surface area (Å²) in [7, 11) is 1.99. The number of nitrogens with one attached hydrogen (secondary N) is 1. The molecule has 0 aliphatic carbocycles. The SMILES string of the molecule is CCCN=C(NN)N(C)C1CCOC1. The third-order valence-electron chi connectivity index (χ3n) is 2.40. The Bertz CT molecular complexity index is 189. The van der Waals surface area contributed by atoms with E-state index >= 15 is 0 Å². The molecule has 0 amide bonds. The van der Waals surface area contributed by atoms with Crippen LogP contribution in [0.3, 0.4) is 0 Å². The molecule has 0 aromatic heterocycles. The van der Waals surface area contributed by atoms with Gasteiger partial charge in [-0.25, -0.2) is 5.84 Å². The van der Waals surface area contributed by atoms with Crippen molar-refractivity contribution in [2.24, 2.45) is 10.8 Å². The number of hydrogen-bond acceptors (Lipinski definition) is 3. The maximum Gasteiger partial charge on any atom is 0.208 e. The highest BCUT2D eigenvalue weighted by molar-refractivity contribution is 5.79. The van der Waals surface area contributed by atoms with Crippen LogP contribution in [-0.4, -0.2) is 43.7 Å². The first-order chi connectivity index (χ1) is 6.79. The molecule has 1 atom stereocenters. The lowest BCUT2D eigenvalue weighted by Gasteiger charge is -2.25. The predicted molar refractivity (Wildman–Crippen MR) is 56.9 cm³/mol. The molecular weight excluding hydrogens is 180 g/mol. The molecule has 1 rings (SSSR count). The van der Waals surface area contributed by atoms with Crippen molar-refractivity contribution >= 4 is 5.96 Å². The van der Waals surface area contributed by atoms with E-state index in [0.29, 0.717) is 6.04 Å². The van der Waals surface area contributed by atoms with Gasteiger partial charge in [-0.2, -0.15) is 0 Å². The van der Waals surface area contributed by atoms with Gasteiger partial charge in [-0.15, -0.1) is 0 Å². The highest BCUT2D eigenvalue weighted by Crippen LogP contribution is 2.10. The first-order valence-corrected chi connectivity index (χ1v) is 5.11. The van der Waals surface area contributed by atoms with Gasteiger partial charge in [0.2, 0.25) is 5.96 Å². The maximum absolute atomic E-state index is 5.42. The minimum atomic E-state index is 0.404. The summed E-state index contributed by atoms with van der Waals surface area (Å²) in [5, 5.41) is 0. The zero-order valence-electron chi connectivity index (χ0n) is 8.99. The Hall–Kier alpha value is -0.810. The van der Waals surface area contributed by atoms with Crippen molar-refractivity contribution in [3.8, 4) is 0 Å². The number of nitrogens with zero attached hydrogens (tertiary/aromatic N) is 2. The van der Waals surface area contributed by atoms with E-state index in [1.54, 1.807) is 0 Å². The second kappa shape index (κ2) is 5.82. The van der Waals surface area contributed by atoms with Crippen LogP contribution < -0.4 is 11.3 Å². The van der Waals surface area contributed by atoms with Crippen LogP contribution in [0.15, 0.2) is 4.99 Å². The molecule has 1 unspecified atom stereocenters. The molecule has 5 nitrogen and oxygen atoms in total. The number of guanidine groups is 1. The molecule has 1 aliphatic heterocycles. The molecule has 1 aliphatic rings. The van der Waals surface area contributed by atoms with Gasteiger partial charge in [0, 0.05) is 20.2 Å². The van der Waals surface area contributed by atoms with Gasteiger partial charge in [0.1, 0.15) is 0 Å². The molecule has 14 heavy (non-hydrogen) atoms. The van der Waals surface area contributed by atoms with Crippen molar-refractivity contribution in [2.75, 3.05) is 26.8 Å². The highest BCUT2D eigenvalue weighted by Gasteiger charge is 2.22. The first kappa shape index (κ1) is 11.3. The molecule has 3 N–H and O–H groups in total. The van der Waals surface area contributed by atoms with Gasteiger partial charge < -0.3 is 9.64 Å². The summed E-state index contributed by atoms with van der Waals surface area (Å²) < 4.78 is 5.31. The topological polar surface area (TPSA) is 62.9 Å². The summed E-state index contributed by atoms with van der Waals surface area (Å²) in [5.41, 5.74) is 2.63. The number of nitrogens with two attached hydrogens (primary N) is 1. The fourth-order valence-corrected chi connectivity index (χ4v) is 1.48. The Morgan fingerprint density at radius 3 is 3.00 bits per heavy atom. The third kappa shape index (κ3) is 2.85. The second-order valence-electron chi connectivity index (χ2n) is 3.48. The summed E-state index contributed by atoms with van der Waals surface area (Å²) in [6, 6.07) is 0.404. The molecule has 0 saturated carbocycles. The Morgan fingerprint density at radius 1 is 1.71 bits per heavy atom. The summed E-state index contributed by atoms with van der Waals surface area (Å²) in [5.74, 6) is 6.17. The van der Waals surface area contributed by atoms with Crippen molar-refractivity contribution in [1.82, 2.24) is 10.3 Å². The lowest BCUT2D eigenvalue weighted by molar-refractivity contribution is 0.178. The van der Waals surface area contributed by atoms with Crippen LogP contribution in [0.4, 0.5) is 0 Å². The van der Waals surface area contributed by atoms with E-state index in [1.165, 1.54) is 0 Å². The van der Waals surface area contributed by atoms with Gasteiger partial charge in [0.25, 0.3) is 0 Å². The number of hydrazine groups is 1. The Morgan fingerprint density at radius 2 is 2.50 bits per heavy atom. The van der Waals surface area contributed by atoms with Crippen molar-refractivity contribution in [2.45, 2.75) is 25.8 Å². The Balaban J connectivity index is 2.49. The van der Waals surface area contributed by atoms with Crippen LogP contribution in [0.1, 0.15) is 19.8 Å². The molecule has 1 saturated heterocycles. The van der Waals surface area contributed by atoms with Crippen LogP contribution >= 0.6 is 0 Å². The number of ether oxygens (including phenoxy) is 1. The molecule has 5 heteroatoms. The molecular formula is C9H20N4O. The largest absolute Gasteiger partial charge is 0.379 e. The van der Waals surface area contributed by atoms with Gasteiger partial charge in [0.05, 0.1) is 12.6 Å². The average Bonchev–Trinajstić information content (AvgIpc) is 2.71. The summed E-state index contributed by atoms with van der Waals surface area (Å²) >= 11 is 0. The lowest BCUT2D eigenvalue weighted by atomic mass is 10.2. The number of aliphatic imine (C=N–C) groups is 1. The number of hydrogen-bond donors (Lipinski definition) is 2. The van der Waals surface area contributed by atoms with Crippen molar-refractivity contribution in [1.29, 1.82) is 0 Å². The molecule has 82 valence electrons. The van der Waals surface area contributed by atoms with Crippen molar-refractivity contribution < 1.29 is 4.74 Å². The van der Waals surface area contributed by atoms with E-state index in [-0.39, 0.29) is 0 Å². The molecule has 0 spiro atoms. The zero-order valence-corrected chi connectivity index (χ0v) is 8.99. The summed E-state index contributed by atoms with van der Waals surface area (Å²) in [6.07, 6.45) is 2.07. The van der Waals surface area contributed by atoms with E-state index in [9.17, 15) is 0 Å². The third-order valence-corrected chi connectivity index (χ3v) is 2.40. The zero-order chi connectivity index (χ0) is 10.4. The fourth-order valence-electron chi connectivity index (χ4n) is 1.48. The molecule has 0 aromatic rings. The summed E-state index contributed by atoms with van der Waals surface area (Å²) in [6.45, 7) is 4.50. The van der Waals surface area contributed by atoms with Gasteiger partial charge in [0.15, 0.2) is 0 Å². The fraction of sp³-hybridized carbons (Fsp3) is 0.889. The van der Waals surface area contributed by atoms with E-state index in [2.05, 4.69) is 22.2 Å². The number of likely N-dealkylation sites (N-methyl/N-ethyl adjacent to an activating group) is 1. The van der Waals surface area contributed by atoms with E-state index in [1.807, 2.05) is 7.05 Å². The normalized spacial score (nSPS) is 22.5. The molecule has 1 fully saturated rings. The van der Waals surface area contributed by atoms with Crippen LogP contribution in [-0.2, 0) is 4.74 Å². The molecule has 0 radical (unpaired) electrons. The quantitative estimate of drug-likeness (QED) is 0.290. The van der Waals surface area contributed by atoms with Gasteiger partial charge in [-0.3, -0.25) is 10.4 Å². The Labute approximate surface area is 85.3 Å². The maximum atomic E-state index is 5.42. The van der Waals surface area contributed by atoms with Crippen LogP contribution in [0.2, 0.25) is 0 Å². The highest BCUT2D eigenvalue weighted by atomic mass is 16.5. The van der Waals surface area contributed by atoms with Gasteiger partial charge in [-0.05, 0) is 12.8 Å². The van der Waals surface area contributed by atoms with Gasteiger partial charge >= 0.3 is 0 Å². The van der Waals surface area contributed by atoms with E-state index < -0.39 is 0 Å². The second-order valence-corrected chi connectivity index (χ2v) is 3.48. The molecule has 0 aromatic carbocycles. The Kier molecular flexibility index (Phi) is 4.69. The lowest BCUT2D eigenvalue weighted by Crippen LogP contribution is -2.47. The van der Waals surface area contributed by atoms with E-state index in [0.717, 1.165) is 38.6 Å². The first-order valence-electron chi connectivity index (χ1n) is 5.11. The monoisotopic (exact) mass is 200 g/mol. The standard InChI is InChI=1S/C9H20N4O/c1-3-5-11-9(12-10)13(2)8-4-6-14-7-8/h8H,3-7,10H2,1-2H3,(H,11,12). The van der Waals surface area contributed by atoms with Crippen LogP contribution in [0, 0.1) is 0 Å². The molecule has 0 bridgehead atoms. The van der Waals surface area contributed by atoms with Gasteiger partial charge in [-0.1, -0.05) is 6.92 Å². The van der Waals surface area contributed by atoms with Crippen LogP contribution in [0.25, 0.3) is 0 Å².